The van der Waals surface area contributed by atoms with Crippen LogP contribution in [0, 0.1) is 5.92 Å². The van der Waals surface area contributed by atoms with Crippen LogP contribution in [0.5, 0.6) is 0 Å². The molecule has 1 aliphatic carbocycles. The Morgan fingerprint density at radius 2 is 1.96 bits per heavy atom. The number of aliphatic hydroxyl groups excluding tert-OH is 1. The van der Waals surface area contributed by atoms with Gasteiger partial charge < -0.3 is 26.0 Å². The molecule has 2 aliphatic rings. The van der Waals surface area contributed by atoms with Crippen molar-refractivity contribution in [2.75, 3.05) is 31.9 Å². The Labute approximate surface area is 139 Å². The largest absolute Gasteiger partial charge is 0.364 e. The number of hydrogen-bond acceptors (Lipinski definition) is 5. The minimum Gasteiger partial charge on any atom is -0.364 e. The quantitative estimate of drug-likeness (QED) is 0.472. The van der Waals surface area contributed by atoms with E-state index in [1.807, 2.05) is 0 Å². The molecule has 1 saturated carbocycles. The van der Waals surface area contributed by atoms with Crippen molar-refractivity contribution in [3.05, 3.63) is 0 Å². The number of nitrogens with one attached hydrogen (secondary N) is 3. The maximum absolute atomic E-state index is 11.6. The van der Waals surface area contributed by atoms with Crippen molar-refractivity contribution in [1.82, 2.24) is 20.9 Å². The van der Waals surface area contributed by atoms with Gasteiger partial charge >= 0.3 is 6.03 Å². The molecule has 2 fully saturated rings. The summed E-state index contributed by atoms with van der Waals surface area (Å²) >= 11 is 1.16. The van der Waals surface area contributed by atoms with Crippen molar-refractivity contribution < 1.29 is 19.5 Å². The summed E-state index contributed by atoms with van der Waals surface area (Å²) in [5.41, 5.74) is -0.827. The van der Waals surface area contributed by atoms with Crippen molar-refractivity contribution in [2.24, 2.45) is 5.92 Å². The van der Waals surface area contributed by atoms with Gasteiger partial charge in [0, 0.05) is 32.6 Å². The summed E-state index contributed by atoms with van der Waals surface area (Å²) in [6.45, 7) is 1.52. The van der Waals surface area contributed by atoms with Gasteiger partial charge in [-0.2, -0.15) is 0 Å². The maximum Gasteiger partial charge on any atom is 0.314 e. The first-order chi connectivity index (χ1) is 11.1. The van der Waals surface area contributed by atoms with Gasteiger partial charge in [0.15, 0.2) is 5.56 Å². The first-order valence-electron chi connectivity index (χ1n) is 7.94. The molecular formula is C14H24N4O4S. The predicted molar refractivity (Wildman–Crippen MR) is 86.5 cm³/mol. The third kappa shape index (κ3) is 5.91. The summed E-state index contributed by atoms with van der Waals surface area (Å²) in [6.07, 6.45) is 3.88. The second-order valence-corrected chi connectivity index (χ2v) is 6.80. The Kier molecular flexibility index (Phi) is 6.97. The summed E-state index contributed by atoms with van der Waals surface area (Å²) in [6, 6.07) is -0.384. The van der Waals surface area contributed by atoms with Crippen molar-refractivity contribution in [3.8, 4) is 0 Å². The minimum absolute atomic E-state index is 0.0555. The zero-order valence-corrected chi connectivity index (χ0v) is 13.9. The number of amides is 4. The van der Waals surface area contributed by atoms with Crippen molar-refractivity contribution in [1.29, 1.82) is 0 Å². The molecule has 0 aromatic rings. The van der Waals surface area contributed by atoms with E-state index in [2.05, 4.69) is 16.0 Å². The van der Waals surface area contributed by atoms with E-state index in [4.69, 9.17) is 0 Å². The van der Waals surface area contributed by atoms with Crippen LogP contribution in [-0.4, -0.2) is 65.3 Å². The Bertz CT molecular complexity index is 444. The van der Waals surface area contributed by atoms with E-state index in [1.165, 1.54) is 24.2 Å². The van der Waals surface area contributed by atoms with E-state index in [1.54, 1.807) is 0 Å². The molecule has 1 unspecified atom stereocenters. The van der Waals surface area contributed by atoms with Gasteiger partial charge in [0.25, 0.3) is 0 Å². The lowest BCUT2D eigenvalue weighted by Gasteiger charge is -2.25. The number of nitrogens with zero attached hydrogens (tertiary/aromatic N) is 1. The number of carbonyl (C=O) groups is 3. The molecule has 130 valence electrons. The van der Waals surface area contributed by atoms with Crippen LogP contribution in [0.2, 0.25) is 0 Å². The van der Waals surface area contributed by atoms with Crippen LogP contribution in [0.3, 0.4) is 0 Å². The highest BCUT2D eigenvalue weighted by Crippen LogP contribution is 2.25. The first-order valence-corrected chi connectivity index (χ1v) is 8.98. The lowest BCUT2D eigenvalue weighted by Crippen LogP contribution is -2.43. The molecule has 0 bridgehead atoms. The average molecular weight is 344 g/mol. The van der Waals surface area contributed by atoms with E-state index in [0.29, 0.717) is 5.92 Å². The monoisotopic (exact) mass is 344 g/mol. The third-order valence-corrected chi connectivity index (χ3v) is 5.00. The van der Waals surface area contributed by atoms with Gasteiger partial charge in [-0.1, -0.05) is 18.2 Å². The summed E-state index contributed by atoms with van der Waals surface area (Å²) in [4.78, 5) is 35.9. The predicted octanol–water partition coefficient (Wildman–Crippen LogP) is -0.557. The molecule has 1 aliphatic heterocycles. The van der Waals surface area contributed by atoms with Crippen LogP contribution in [0.15, 0.2) is 0 Å². The second-order valence-electron chi connectivity index (χ2n) is 5.76. The fourth-order valence-electron chi connectivity index (χ4n) is 2.36. The Hall–Kier alpha value is -1.48. The summed E-state index contributed by atoms with van der Waals surface area (Å²) in [7, 11) is 0. The molecule has 9 heteroatoms. The standard InChI is InChI=1S/C14H24N4O4S/c19-11(17-8-10-2-1-3-10)4-5-15-13(21)16-6-7-18-12(20)9-23-14(18)22/h10,14,22H,1-9H2,(H,17,19)(H2,15,16,21). The Morgan fingerprint density at radius 1 is 1.22 bits per heavy atom. The van der Waals surface area contributed by atoms with Crippen molar-refractivity contribution in [2.45, 2.75) is 31.2 Å². The van der Waals surface area contributed by atoms with Gasteiger partial charge in [-0.25, -0.2) is 4.79 Å². The maximum atomic E-state index is 11.6. The Balaban J connectivity index is 1.48. The molecule has 8 nitrogen and oxygen atoms in total. The molecule has 4 amide bonds. The zero-order valence-electron chi connectivity index (χ0n) is 13.0. The van der Waals surface area contributed by atoms with Crippen LogP contribution in [0.25, 0.3) is 0 Å². The molecule has 1 saturated heterocycles. The molecule has 0 aromatic carbocycles. The fourth-order valence-corrected chi connectivity index (χ4v) is 3.22. The number of carbonyl (C=O) groups excluding carboxylic acids is 3. The molecule has 23 heavy (non-hydrogen) atoms. The average Bonchev–Trinajstić information content (AvgIpc) is 2.77. The van der Waals surface area contributed by atoms with E-state index >= 15 is 0 Å². The van der Waals surface area contributed by atoms with Crippen molar-refractivity contribution >= 4 is 29.6 Å². The molecule has 1 heterocycles. The van der Waals surface area contributed by atoms with Crippen molar-refractivity contribution in [3.63, 3.8) is 0 Å². The molecule has 2 rings (SSSR count). The van der Waals surface area contributed by atoms with Crippen LogP contribution >= 0.6 is 11.8 Å². The Morgan fingerprint density at radius 3 is 2.57 bits per heavy atom. The van der Waals surface area contributed by atoms with Gasteiger partial charge in [-0.05, 0) is 18.8 Å². The van der Waals surface area contributed by atoms with Gasteiger partial charge in [0.1, 0.15) is 0 Å². The van der Waals surface area contributed by atoms with Crippen LogP contribution in [0.4, 0.5) is 4.79 Å². The van der Waals surface area contributed by atoms with E-state index in [0.717, 1.165) is 18.3 Å². The van der Waals surface area contributed by atoms with Gasteiger partial charge in [0.05, 0.1) is 5.75 Å². The lowest BCUT2D eigenvalue weighted by molar-refractivity contribution is -0.131. The normalized spacial score (nSPS) is 21.0. The van der Waals surface area contributed by atoms with Gasteiger partial charge in [-0.3, -0.25) is 9.59 Å². The van der Waals surface area contributed by atoms with E-state index in [9.17, 15) is 19.5 Å². The number of urea groups is 1. The number of aliphatic hydroxyl groups is 1. The summed E-state index contributed by atoms with van der Waals surface area (Å²) < 4.78 is 0. The fraction of sp³-hybridized carbons (Fsp3) is 0.786. The highest BCUT2D eigenvalue weighted by Gasteiger charge is 2.29. The highest BCUT2D eigenvalue weighted by molar-refractivity contribution is 8.00. The number of hydrogen-bond donors (Lipinski definition) is 4. The molecule has 0 radical (unpaired) electrons. The molecule has 1 atom stereocenters. The second kappa shape index (κ2) is 8.97. The smallest absolute Gasteiger partial charge is 0.314 e. The minimum atomic E-state index is -0.827. The van der Waals surface area contributed by atoms with Crippen LogP contribution < -0.4 is 16.0 Å². The number of rotatable bonds is 8. The summed E-state index contributed by atoms with van der Waals surface area (Å²) in [5, 5.41) is 17.6. The molecule has 4 N–H and O–H groups in total. The topological polar surface area (TPSA) is 111 Å². The zero-order chi connectivity index (χ0) is 16.7. The van der Waals surface area contributed by atoms with Gasteiger partial charge in [-0.15, -0.1) is 0 Å². The molecular weight excluding hydrogens is 320 g/mol. The van der Waals surface area contributed by atoms with Crippen LogP contribution in [-0.2, 0) is 9.59 Å². The first kappa shape index (κ1) is 17.9. The summed E-state index contributed by atoms with van der Waals surface area (Å²) in [5.74, 6) is 0.702. The van der Waals surface area contributed by atoms with E-state index in [-0.39, 0.29) is 49.7 Å². The van der Waals surface area contributed by atoms with Gasteiger partial charge in [0.2, 0.25) is 11.8 Å². The lowest BCUT2D eigenvalue weighted by atomic mass is 9.85. The third-order valence-electron chi connectivity index (χ3n) is 4.03. The van der Waals surface area contributed by atoms with Crippen LogP contribution in [0.1, 0.15) is 25.7 Å². The SMILES string of the molecule is O=C(CCNC(=O)NCCN1C(=O)CSC1O)NCC1CCC1. The molecule has 0 spiro atoms. The van der Waals surface area contributed by atoms with E-state index < -0.39 is 5.56 Å². The molecule has 0 aromatic heterocycles. The highest BCUT2D eigenvalue weighted by atomic mass is 32.2. The number of thioether (sulfide) groups is 1.